The summed E-state index contributed by atoms with van der Waals surface area (Å²) in [6.45, 7) is 4.05. The van der Waals surface area contributed by atoms with Crippen LogP contribution in [0.5, 0.6) is 5.75 Å². The number of rotatable bonds is 5. The van der Waals surface area contributed by atoms with Crippen LogP contribution in [0.1, 0.15) is 30.8 Å². The minimum atomic E-state index is -0.994. The van der Waals surface area contributed by atoms with Crippen LogP contribution in [0.3, 0.4) is 0 Å². The lowest BCUT2D eigenvalue weighted by atomic mass is 10.1. The van der Waals surface area contributed by atoms with E-state index in [4.69, 9.17) is 9.84 Å². The van der Waals surface area contributed by atoms with Crippen LogP contribution in [0.2, 0.25) is 0 Å². The van der Waals surface area contributed by atoms with E-state index < -0.39 is 5.97 Å². The number of ether oxygens (including phenoxy) is 1. The van der Waals surface area contributed by atoms with Gasteiger partial charge in [0.25, 0.3) is 0 Å². The Labute approximate surface area is 117 Å². The third kappa shape index (κ3) is 2.82. The number of nitrogens with zero attached hydrogens (tertiary/aromatic N) is 2. The highest BCUT2D eigenvalue weighted by Gasteiger charge is 2.16. The van der Waals surface area contributed by atoms with Crippen LogP contribution < -0.4 is 4.74 Å². The van der Waals surface area contributed by atoms with E-state index in [0.29, 0.717) is 5.69 Å². The highest BCUT2D eigenvalue weighted by Crippen LogP contribution is 2.30. The van der Waals surface area contributed by atoms with Gasteiger partial charge in [-0.05, 0) is 31.5 Å². The lowest BCUT2D eigenvalue weighted by Gasteiger charge is -2.15. The first kappa shape index (κ1) is 14.1. The molecule has 0 saturated carbocycles. The lowest BCUT2D eigenvalue weighted by molar-refractivity contribution is 0.0685. The molecule has 0 radical (unpaired) electrons. The fourth-order valence-corrected chi connectivity index (χ4v) is 1.88. The molecule has 106 valence electrons. The molecule has 1 unspecified atom stereocenters. The Hall–Kier alpha value is -2.30. The van der Waals surface area contributed by atoms with E-state index in [-0.39, 0.29) is 11.8 Å². The van der Waals surface area contributed by atoms with Crippen LogP contribution >= 0.6 is 0 Å². The Bertz CT molecular complexity index is 619. The number of carboxylic acids is 1. The highest BCUT2D eigenvalue weighted by atomic mass is 16.5. The van der Waals surface area contributed by atoms with E-state index in [0.717, 1.165) is 17.7 Å². The van der Waals surface area contributed by atoms with Crippen molar-refractivity contribution in [1.82, 2.24) is 9.78 Å². The monoisotopic (exact) mass is 274 g/mol. The molecule has 0 bridgehead atoms. The van der Waals surface area contributed by atoms with E-state index in [1.807, 2.05) is 31.2 Å². The summed E-state index contributed by atoms with van der Waals surface area (Å²) in [6.07, 6.45) is 0.996. The molecule has 20 heavy (non-hydrogen) atoms. The topological polar surface area (TPSA) is 64.3 Å². The first-order valence-corrected chi connectivity index (χ1v) is 6.56. The van der Waals surface area contributed by atoms with Crippen molar-refractivity contribution in [2.24, 2.45) is 7.05 Å². The van der Waals surface area contributed by atoms with Gasteiger partial charge in [0, 0.05) is 12.6 Å². The number of carbonyl (C=O) groups is 1. The van der Waals surface area contributed by atoms with Gasteiger partial charge < -0.3 is 9.84 Å². The van der Waals surface area contributed by atoms with Gasteiger partial charge in [0.1, 0.15) is 11.4 Å². The number of aryl methyl sites for hydroxylation is 1. The number of aromatic carboxylic acids is 1. The molecule has 5 nitrogen and oxygen atoms in total. The predicted molar refractivity (Wildman–Crippen MR) is 76.0 cm³/mol. The standard InChI is InChI=1S/C15H18N2O3/c1-4-10(2)20-14-8-6-5-7-11(14)12-9-13(15(18)19)17(3)16-12/h5-10H,4H2,1-3H3,(H,18,19). The maximum atomic E-state index is 11.1. The summed E-state index contributed by atoms with van der Waals surface area (Å²) in [5.74, 6) is -0.275. The second-order valence-corrected chi connectivity index (χ2v) is 4.68. The van der Waals surface area contributed by atoms with E-state index in [9.17, 15) is 4.79 Å². The molecule has 0 aliphatic rings. The second-order valence-electron chi connectivity index (χ2n) is 4.68. The third-order valence-corrected chi connectivity index (χ3v) is 3.17. The molecule has 2 rings (SSSR count). The smallest absolute Gasteiger partial charge is 0.354 e. The van der Waals surface area contributed by atoms with Crippen LogP contribution in [0, 0.1) is 0 Å². The molecule has 1 atom stereocenters. The van der Waals surface area contributed by atoms with Gasteiger partial charge in [-0.25, -0.2) is 4.79 Å². The second kappa shape index (κ2) is 5.77. The maximum Gasteiger partial charge on any atom is 0.354 e. The van der Waals surface area contributed by atoms with Gasteiger partial charge >= 0.3 is 5.97 Å². The van der Waals surface area contributed by atoms with Crippen molar-refractivity contribution in [2.45, 2.75) is 26.4 Å². The van der Waals surface area contributed by atoms with Crippen LogP contribution in [-0.4, -0.2) is 27.0 Å². The Balaban J connectivity index is 2.42. The molecule has 1 N–H and O–H groups in total. The van der Waals surface area contributed by atoms with Crippen molar-refractivity contribution in [3.63, 3.8) is 0 Å². The molecule has 0 fully saturated rings. The van der Waals surface area contributed by atoms with Crippen LogP contribution in [0.4, 0.5) is 0 Å². The summed E-state index contributed by atoms with van der Waals surface area (Å²) in [5, 5.41) is 13.3. The van der Waals surface area contributed by atoms with Crippen molar-refractivity contribution in [2.75, 3.05) is 0 Å². The largest absolute Gasteiger partial charge is 0.490 e. The van der Waals surface area contributed by atoms with Crippen molar-refractivity contribution in [3.8, 4) is 17.0 Å². The van der Waals surface area contributed by atoms with E-state index in [1.54, 1.807) is 13.1 Å². The molecule has 0 aliphatic carbocycles. The fraction of sp³-hybridized carbons (Fsp3) is 0.333. The van der Waals surface area contributed by atoms with Crippen molar-refractivity contribution in [1.29, 1.82) is 0 Å². The summed E-state index contributed by atoms with van der Waals surface area (Å²) in [7, 11) is 1.62. The molecular formula is C15H18N2O3. The van der Waals surface area contributed by atoms with Gasteiger partial charge in [-0.1, -0.05) is 19.1 Å². The minimum absolute atomic E-state index is 0.0961. The number of hydrogen-bond donors (Lipinski definition) is 1. The normalized spacial score (nSPS) is 12.2. The van der Waals surface area contributed by atoms with E-state index in [2.05, 4.69) is 12.0 Å². The number of carboxylic acid groups (broad SMARTS) is 1. The molecule has 2 aromatic rings. The number of para-hydroxylation sites is 1. The average Bonchev–Trinajstić information content (AvgIpc) is 2.81. The Morgan fingerprint density at radius 2 is 2.15 bits per heavy atom. The first-order valence-electron chi connectivity index (χ1n) is 6.56. The van der Waals surface area contributed by atoms with Crippen molar-refractivity contribution in [3.05, 3.63) is 36.0 Å². The maximum absolute atomic E-state index is 11.1. The summed E-state index contributed by atoms with van der Waals surface area (Å²) < 4.78 is 7.22. The van der Waals surface area contributed by atoms with Gasteiger partial charge in [-0.3, -0.25) is 4.68 Å². The van der Waals surface area contributed by atoms with Gasteiger partial charge in [-0.2, -0.15) is 5.10 Å². The fourth-order valence-electron chi connectivity index (χ4n) is 1.88. The number of aromatic nitrogens is 2. The molecule has 0 amide bonds. The van der Waals surface area contributed by atoms with Gasteiger partial charge in [0.05, 0.1) is 11.8 Å². The quantitative estimate of drug-likeness (QED) is 0.910. The van der Waals surface area contributed by atoms with Crippen LogP contribution in [0.25, 0.3) is 11.3 Å². The SMILES string of the molecule is CCC(C)Oc1ccccc1-c1cc(C(=O)O)n(C)n1. The zero-order chi connectivity index (χ0) is 14.7. The summed E-state index contributed by atoms with van der Waals surface area (Å²) in [4.78, 5) is 11.1. The highest BCUT2D eigenvalue weighted by molar-refractivity contribution is 5.87. The van der Waals surface area contributed by atoms with Gasteiger partial charge in [0.15, 0.2) is 0 Å². The van der Waals surface area contributed by atoms with Crippen LogP contribution in [-0.2, 0) is 7.05 Å². The zero-order valence-electron chi connectivity index (χ0n) is 11.8. The van der Waals surface area contributed by atoms with Gasteiger partial charge in [0.2, 0.25) is 0 Å². The third-order valence-electron chi connectivity index (χ3n) is 3.17. The molecule has 0 spiro atoms. The van der Waals surface area contributed by atoms with Gasteiger partial charge in [-0.15, -0.1) is 0 Å². The Morgan fingerprint density at radius 1 is 1.45 bits per heavy atom. The average molecular weight is 274 g/mol. The molecular weight excluding hydrogens is 256 g/mol. The number of hydrogen-bond acceptors (Lipinski definition) is 3. The first-order chi connectivity index (χ1) is 9.52. The Kier molecular flexibility index (Phi) is 4.08. The van der Waals surface area contributed by atoms with E-state index in [1.165, 1.54) is 4.68 Å². The summed E-state index contributed by atoms with van der Waals surface area (Å²) >= 11 is 0. The summed E-state index contributed by atoms with van der Waals surface area (Å²) in [5.41, 5.74) is 1.55. The zero-order valence-corrected chi connectivity index (χ0v) is 11.8. The molecule has 1 aromatic carbocycles. The minimum Gasteiger partial charge on any atom is -0.490 e. The molecule has 1 aromatic heterocycles. The van der Waals surface area contributed by atoms with Crippen molar-refractivity contribution < 1.29 is 14.6 Å². The van der Waals surface area contributed by atoms with Crippen LogP contribution in [0.15, 0.2) is 30.3 Å². The molecule has 5 heteroatoms. The summed E-state index contributed by atoms with van der Waals surface area (Å²) in [6, 6.07) is 9.08. The molecule has 0 aliphatic heterocycles. The predicted octanol–water partition coefficient (Wildman–Crippen LogP) is 2.96. The van der Waals surface area contributed by atoms with E-state index >= 15 is 0 Å². The number of benzene rings is 1. The molecule has 1 heterocycles. The molecule has 0 saturated heterocycles. The van der Waals surface area contributed by atoms with Crippen molar-refractivity contribution >= 4 is 5.97 Å². The lowest BCUT2D eigenvalue weighted by Crippen LogP contribution is -2.10. The Morgan fingerprint density at radius 3 is 2.75 bits per heavy atom.